The summed E-state index contributed by atoms with van der Waals surface area (Å²) in [7, 11) is 0. The van der Waals surface area contributed by atoms with Crippen molar-refractivity contribution in [3.05, 3.63) is 16.5 Å². The molecule has 0 atom stereocenters. The summed E-state index contributed by atoms with van der Waals surface area (Å²) in [4.78, 5) is 8.53. The highest BCUT2D eigenvalue weighted by Gasteiger charge is 2.03. The molecule has 1 rings (SSSR count). The highest BCUT2D eigenvalue weighted by Crippen LogP contribution is 2.13. The Hall–Kier alpha value is -0.820. The average Bonchev–Trinajstić information content (AvgIpc) is 2.28. The lowest BCUT2D eigenvalue weighted by atomic mass is 10.3. The van der Waals surface area contributed by atoms with Crippen molar-refractivity contribution in [3.63, 3.8) is 0 Å². The van der Waals surface area contributed by atoms with E-state index in [1.54, 1.807) is 6.07 Å². The van der Waals surface area contributed by atoms with E-state index in [9.17, 15) is 8.78 Å². The van der Waals surface area contributed by atoms with Crippen molar-refractivity contribution in [2.24, 2.45) is 0 Å². The number of hydrogen-bond acceptors (Lipinski definition) is 4. The summed E-state index contributed by atoms with van der Waals surface area (Å²) in [5.41, 5.74) is 0. The first-order valence-electron chi connectivity index (χ1n) is 5.75. The van der Waals surface area contributed by atoms with E-state index in [-0.39, 0.29) is 6.61 Å². The van der Waals surface area contributed by atoms with Crippen LogP contribution in [-0.2, 0) is 11.2 Å². The summed E-state index contributed by atoms with van der Waals surface area (Å²) in [5.74, 6) is 1.42. The molecule has 0 spiro atoms. The lowest BCUT2D eigenvalue weighted by Crippen LogP contribution is -2.14. The van der Waals surface area contributed by atoms with Crippen LogP contribution in [0, 0.1) is 0 Å². The van der Waals surface area contributed by atoms with E-state index in [2.05, 4.69) is 38.1 Å². The van der Waals surface area contributed by atoms with Gasteiger partial charge in [-0.05, 0) is 22.4 Å². The standard InChI is InChI=1S/C11H16BrF2N3O/c1-2-3-10-16-8(12)6-11(17-10)15-4-5-18-7-9(13)14/h6,9H,2-5,7H2,1H3,(H,15,16,17). The number of ether oxygens (including phenoxy) is 1. The molecule has 0 unspecified atom stereocenters. The molecule has 0 fully saturated rings. The van der Waals surface area contributed by atoms with Crippen molar-refractivity contribution >= 4 is 21.7 Å². The minimum atomic E-state index is -2.42. The minimum Gasteiger partial charge on any atom is -0.374 e. The third-order valence-electron chi connectivity index (χ3n) is 2.01. The largest absolute Gasteiger partial charge is 0.374 e. The average molecular weight is 324 g/mol. The van der Waals surface area contributed by atoms with Gasteiger partial charge in [-0.15, -0.1) is 0 Å². The fraction of sp³-hybridized carbons (Fsp3) is 0.636. The molecule has 1 aromatic heterocycles. The topological polar surface area (TPSA) is 47.0 Å². The van der Waals surface area contributed by atoms with Crippen molar-refractivity contribution in [1.29, 1.82) is 0 Å². The van der Waals surface area contributed by atoms with Crippen molar-refractivity contribution in [1.82, 2.24) is 9.97 Å². The normalized spacial score (nSPS) is 10.9. The number of aryl methyl sites for hydroxylation is 1. The van der Waals surface area contributed by atoms with Gasteiger partial charge in [0.2, 0.25) is 0 Å². The number of aromatic nitrogens is 2. The summed E-state index contributed by atoms with van der Waals surface area (Å²) in [6.45, 7) is 2.17. The van der Waals surface area contributed by atoms with E-state index in [0.29, 0.717) is 17.0 Å². The van der Waals surface area contributed by atoms with Crippen LogP contribution in [-0.4, -0.2) is 36.2 Å². The van der Waals surface area contributed by atoms with Crippen LogP contribution in [0.15, 0.2) is 10.7 Å². The second-order valence-electron chi connectivity index (χ2n) is 3.63. The van der Waals surface area contributed by atoms with Crippen molar-refractivity contribution < 1.29 is 13.5 Å². The zero-order chi connectivity index (χ0) is 13.4. The maximum Gasteiger partial charge on any atom is 0.261 e. The van der Waals surface area contributed by atoms with Crippen LogP contribution in [0.3, 0.4) is 0 Å². The molecule has 0 radical (unpaired) electrons. The number of alkyl halides is 2. The highest BCUT2D eigenvalue weighted by molar-refractivity contribution is 9.10. The fourth-order valence-corrected chi connectivity index (χ4v) is 1.74. The van der Waals surface area contributed by atoms with Crippen LogP contribution in [0.4, 0.5) is 14.6 Å². The molecule has 0 aliphatic heterocycles. The lowest BCUT2D eigenvalue weighted by molar-refractivity contribution is 0.0215. The molecule has 0 aliphatic rings. The van der Waals surface area contributed by atoms with Crippen LogP contribution in [0.5, 0.6) is 0 Å². The lowest BCUT2D eigenvalue weighted by Gasteiger charge is -2.08. The molecule has 1 heterocycles. The SMILES string of the molecule is CCCc1nc(Br)cc(NCCOCC(F)F)n1. The van der Waals surface area contributed by atoms with E-state index in [4.69, 9.17) is 4.74 Å². The molecular weight excluding hydrogens is 308 g/mol. The van der Waals surface area contributed by atoms with Gasteiger partial charge in [0, 0.05) is 19.0 Å². The third kappa shape index (κ3) is 6.20. The van der Waals surface area contributed by atoms with Crippen LogP contribution in [0.2, 0.25) is 0 Å². The number of nitrogens with zero attached hydrogens (tertiary/aromatic N) is 2. The first-order chi connectivity index (χ1) is 8.61. The Morgan fingerprint density at radius 2 is 2.22 bits per heavy atom. The molecule has 4 nitrogen and oxygen atoms in total. The van der Waals surface area contributed by atoms with Gasteiger partial charge in [-0.1, -0.05) is 6.92 Å². The van der Waals surface area contributed by atoms with Gasteiger partial charge >= 0.3 is 0 Å². The van der Waals surface area contributed by atoms with Crippen LogP contribution in [0.1, 0.15) is 19.2 Å². The molecule has 18 heavy (non-hydrogen) atoms. The Kier molecular flexibility index (Phi) is 7.04. The second kappa shape index (κ2) is 8.31. The van der Waals surface area contributed by atoms with Gasteiger partial charge in [0.1, 0.15) is 22.9 Å². The maximum atomic E-state index is 11.8. The minimum absolute atomic E-state index is 0.217. The summed E-state index contributed by atoms with van der Waals surface area (Å²) in [6, 6.07) is 1.74. The molecule has 102 valence electrons. The predicted octanol–water partition coefficient (Wildman–Crippen LogP) is 2.89. The molecule has 0 amide bonds. The number of nitrogens with one attached hydrogen (secondary N) is 1. The summed E-state index contributed by atoms with van der Waals surface area (Å²) < 4.78 is 29.1. The predicted molar refractivity (Wildman–Crippen MR) is 69.0 cm³/mol. The number of hydrogen-bond donors (Lipinski definition) is 1. The smallest absolute Gasteiger partial charge is 0.261 e. The van der Waals surface area contributed by atoms with E-state index in [0.717, 1.165) is 18.7 Å². The number of rotatable bonds is 8. The van der Waals surface area contributed by atoms with Crippen molar-refractivity contribution in [2.45, 2.75) is 26.2 Å². The Morgan fingerprint density at radius 3 is 2.89 bits per heavy atom. The highest BCUT2D eigenvalue weighted by atomic mass is 79.9. The molecule has 0 aromatic carbocycles. The van der Waals surface area contributed by atoms with Gasteiger partial charge in [0.15, 0.2) is 0 Å². The molecular formula is C11H16BrF2N3O. The number of anilines is 1. The van der Waals surface area contributed by atoms with Crippen molar-refractivity contribution in [2.75, 3.05) is 25.1 Å². The van der Waals surface area contributed by atoms with Crippen LogP contribution in [0.25, 0.3) is 0 Å². The molecule has 0 bridgehead atoms. The zero-order valence-corrected chi connectivity index (χ0v) is 11.7. The molecule has 0 aliphatic carbocycles. The Labute approximate surface area is 113 Å². The Morgan fingerprint density at radius 1 is 1.44 bits per heavy atom. The fourth-order valence-electron chi connectivity index (χ4n) is 1.31. The van der Waals surface area contributed by atoms with Gasteiger partial charge in [-0.2, -0.15) is 0 Å². The van der Waals surface area contributed by atoms with Crippen LogP contribution >= 0.6 is 15.9 Å². The quantitative estimate of drug-likeness (QED) is 0.590. The monoisotopic (exact) mass is 323 g/mol. The summed E-state index contributed by atoms with van der Waals surface area (Å²) >= 11 is 3.30. The Balaban J connectivity index is 2.37. The van der Waals surface area contributed by atoms with E-state index >= 15 is 0 Å². The Bertz CT molecular complexity index is 366. The molecule has 1 aromatic rings. The molecule has 0 saturated carbocycles. The van der Waals surface area contributed by atoms with E-state index < -0.39 is 13.0 Å². The van der Waals surface area contributed by atoms with Gasteiger partial charge in [0.25, 0.3) is 6.43 Å². The van der Waals surface area contributed by atoms with Crippen molar-refractivity contribution in [3.8, 4) is 0 Å². The molecule has 7 heteroatoms. The molecule has 1 N–H and O–H groups in total. The summed E-state index contributed by atoms with van der Waals surface area (Å²) in [5, 5.41) is 3.01. The van der Waals surface area contributed by atoms with E-state index in [1.165, 1.54) is 0 Å². The van der Waals surface area contributed by atoms with Gasteiger partial charge in [0.05, 0.1) is 6.61 Å². The van der Waals surface area contributed by atoms with Gasteiger partial charge < -0.3 is 10.1 Å². The summed E-state index contributed by atoms with van der Waals surface area (Å²) in [6.07, 6.45) is -0.655. The van der Waals surface area contributed by atoms with Gasteiger partial charge in [-0.3, -0.25) is 0 Å². The maximum absolute atomic E-state index is 11.8. The zero-order valence-electron chi connectivity index (χ0n) is 10.1. The third-order valence-corrected chi connectivity index (χ3v) is 2.42. The first kappa shape index (κ1) is 15.2. The number of halogens is 3. The van der Waals surface area contributed by atoms with Gasteiger partial charge in [-0.25, -0.2) is 18.7 Å². The molecule has 0 saturated heterocycles. The first-order valence-corrected chi connectivity index (χ1v) is 6.54. The van der Waals surface area contributed by atoms with E-state index in [1.807, 2.05) is 0 Å². The second-order valence-corrected chi connectivity index (χ2v) is 4.45. The van der Waals surface area contributed by atoms with Crippen LogP contribution < -0.4 is 5.32 Å².